The first-order chi connectivity index (χ1) is 10.7. The molecular formula is C18H13NO3. The highest BCUT2D eigenvalue weighted by molar-refractivity contribution is 6.03. The van der Waals surface area contributed by atoms with Crippen LogP contribution < -0.4 is 0 Å². The van der Waals surface area contributed by atoms with Gasteiger partial charge in [0.15, 0.2) is 0 Å². The Labute approximate surface area is 127 Å². The lowest BCUT2D eigenvalue weighted by molar-refractivity contribution is 0.0698. The van der Waals surface area contributed by atoms with E-state index in [4.69, 9.17) is 5.11 Å². The topological polar surface area (TPSA) is 69.9 Å². The second-order valence-electron chi connectivity index (χ2n) is 4.80. The first kappa shape index (κ1) is 13.8. The van der Waals surface area contributed by atoms with E-state index in [0.29, 0.717) is 11.3 Å². The van der Waals surface area contributed by atoms with Gasteiger partial charge < -0.3 is 10.2 Å². The minimum absolute atomic E-state index is 0.107. The van der Waals surface area contributed by atoms with Crippen molar-refractivity contribution in [3.05, 3.63) is 71.8 Å². The summed E-state index contributed by atoms with van der Waals surface area (Å²) in [5, 5.41) is 21.1. The number of aromatic carboxylic acids is 1. The van der Waals surface area contributed by atoms with Gasteiger partial charge in [-0.05, 0) is 29.0 Å². The second-order valence-corrected chi connectivity index (χ2v) is 4.80. The number of aromatic hydroxyl groups is 1. The van der Waals surface area contributed by atoms with Crippen LogP contribution in [0.4, 0.5) is 5.69 Å². The number of carboxylic acid groups (broad SMARTS) is 1. The van der Waals surface area contributed by atoms with Gasteiger partial charge in [-0.1, -0.05) is 42.5 Å². The fourth-order valence-electron chi connectivity index (χ4n) is 2.32. The van der Waals surface area contributed by atoms with Crippen molar-refractivity contribution in [2.45, 2.75) is 0 Å². The lowest BCUT2D eigenvalue weighted by atomic mass is 10.0. The van der Waals surface area contributed by atoms with Gasteiger partial charge in [0.05, 0.1) is 11.3 Å². The van der Waals surface area contributed by atoms with Gasteiger partial charge in [0.25, 0.3) is 0 Å². The van der Waals surface area contributed by atoms with Crippen molar-refractivity contribution in [3.63, 3.8) is 0 Å². The van der Waals surface area contributed by atoms with Gasteiger partial charge in [0, 0.05) is 11.8 Å². The van der Waals surface area contributed by atoms with Crippen LogP contribution in [0, 0.1) is 0 Å². The second kappa shape index (κ2) is 5.69. The van der Waals surface area contributed by atoms with Crippen LogP contribution in [0.25, 0.3) is 10.8 Å². The molecule has 0 bridgehead atoms. The maximum atomic E-state index is 11.2. The number of phenols is 1. The Morgan fingerprint density at radius 3 is 2.50 bits per heavy atom. The number of rotatable bonds is 3. The van der Waals surface area contributed by atoms with E-state index < -0.39 is 5.97 Å². The highest BCUT2D eigenvalue weighted by Gasteiger charge is 2.08. The van der Waals surface area contributed by atoms with Crippen LogP contribution in [0.1, 0.15) is 15.9 Å². The van der Waals surface area contributed by atoms with E-state index in [1.54, 1.807) is 24.3 Å². The van der Waals surface area contributed by atoms with Crippen LogP contribution in [0.15, 0.2) is 65.7 Å². The molecule has 0 fully saturated rings. The quantitative estimate of drug-likeness (QED) is 0.717. The van der Waals surface area contributed by atoms with E-state index in [0.717, 1.165) is 10.8 Å². The van der Waals surface area contributed by atoms with Crippen molar-refractivity contribution in [2.75, 3.05) is 0 Å². The smallest absolute Gasteiger partial charge is 0.337 e. The summed E-state index contributed by atoms with van der Waals surface area (Å²) in [6.45, 7) is 0. The molecule has 0 saturated carbocycles. The summed E-state index contributed by atoms with van der Waals surface area (Å²) in [6.07, 6.45) is 1.50. The molecule has 0 aliphatic carbocycles. The molecule has 4 nitrogen and oxygen atoms in total. The van der Waals surface area contributed by atoms with Crippen LogP contribution in [0.2, 0.25) is 0 Å². The number of fused-ring (bicyclic) bond motifs is 1. The Hall–Kier alpha value is -3.14. The maximum Gasteiger partial charge on any atom is 0.337 e. The molecular weight excluding hydrogens is 278 g/mol. The Morgan fingerprint density at radius 2 is 1.68 bits per heavy atom. The maximum absolute atomic E-state index is 11.2. The van der Waals surface area contributed by atoms with E-state index in [1.807, 2.05) is 30.3 Å². The molecule has 3 rings (SSSR count). The number of aliphatic imine (C=N–C) groups is 1. The number of para-hydroxylation sites is 1. The van der Waals surface area contributed by atoms with Gasteiger partial charge in [0.1, 0.15) is 5.75 Å². The molecule has 0 aliphatic rings. The molecule has 0 spiro atoms. The zero-order valence-corrected chi connectivity index (χ0v) is 11.6. The molecule has 0 heterocycles. The number of hydrogen-bond acceptors (Lipinski definition) is 3. The predicted molar refractivity (Wildman–Crippen MR) is 86.3 cm³/mol. The molecule has 0 unspecified atom stereocenters. The Bertz CT molecular complexity index is 884. The van der Waals surface area contributed by atoms with Gasteiger partial charge in [-0.2, -0.15) is 0 Å². The van der Waals surface area contributed by atoms with Crippen molar-refractivity contribution in [1.29, 1.82) is 0 Å². The average molecular weight is 291 g/mol. The van der Waals surface area contributed by atoms with E-state index in [-0.39, 0.29) is 11.3 Å². The van der Waals surface area contributed by atoms with Gasteiger partial charge >= 0.3 is 5.97 Å². The first-order valence-corrected chi connectivity index (χ1v) is 6.74. The fourth-order valence-corrected chi connectivity index (χ4v) is 2.32. The zero-order chi connectivity index (χ0) is 15.5. The molecule has 108 valence electrons. The number of phenolic OH excluding ortho intramolecular Hbond substituents is 1. The minimum atomic E-state index is -1.03. The lowest BCUT2D eigenvalue weighted by Gasteiger charge is -2.05. The monoisotopic (exact) mass is 291 g/mol. The summed E-state index contributed by atoms with van der Waals surface area (Å²) in [5.74, 6) is -0.926. The molecule has 4 heteroatoms. The summed E-state index contributed by atoms with van der Waals surface area (Å²) in [7, 11) is 0. The number of carboxylic acids is 1. The van der Waals surface area contributed by atoms with Crippen LogP contribution in [-0.4, -0.2) is 22.4 Å². The van der Waals surface area contributed by atoms with Crippen LogP contribution in [-0.2, 0) is 0 Å². The van der Waals surface area contributed by atoms with Crippen LogP contribution >= 0.6 is 0 Å². The Balaban J connectivity index is 2.11. The summed E-state index contributed by atoms with van der Waals surface area (Å²) in [6, 6.07) is 17.6. The third-order valence-electron chi connectivity index (χ3n) is 3.41. The number of benzene rings is 3. The zero-order valence-electron chi connectivity index (χ0n) is 11.6. The SMILES string of the molecule is O=C(O)c1ccccc1/N=C\c1c(O)ccc2ccccc12. The average Bonchev–Trinajstić information content (AvgIpc) is 2.54. The van der Waals surface area contributed by atoms with Crippen molar-refractivity contribution >= 4 is 28.6 Å². The Kier molecular flexibility index (Phi) is 3.58. The summed E-state index contributed by atoms with van der Waals surface area (Å²) >= 11 is 0. The standard InChI is InChI=1S/C18H13NO3/c20-17-10-9-12-5-1-2-6-13(12)15(17)11-19-16-8-4-3-7-14(16)18(21)22/h1-11,20H,(H,21,22)/b19-11-. The summed E-state index contributed by atoms with van der Waals surface area (Å²) < 4.78 is 0. The lowest BCUT2D eigenvalue weighted by Crippen LogP contribution is -1.96. The van der Waals surface area contributed by atoms with Crippen LogP contribution in [0.5, 0.6) is 5.75 Å². The van der Waals surface area contributed by atoms with Crippen molar-refractivity contribution in [3.8, 4) is 5.75 Å². The third kappa shape index (κ3) is 2.54. The normalized spacial score (nSPS) is 11.1. The highest BCUT2D eigenvalue weighted by atomic mass is 16.4. The molecule has 0 radical (unpaired) electrons. The van der Waals surface area contributed by atoms with Gasteiger partial charge in [-0.25, -0.2) is 4.79 Å². The third-order valence-corrected chi connectivity index (χ3v) is 3.41. The van der Waals surface area contributed by atoms with Gasteiger partial charge in [0.2, 0.25) is 0 Å². The van der Waals surface area contributed by atoms with Gasteiger partial charge in [-0.3, -0.25) is 4.99 Å². The van der Waals surface area contributed by atoms with E-state index in [2.05, 4.69) is 4.99 Å². The number of carbonyl (C=O) groups is 1. The molecule has 0 amide bonds. The Morgan fingerprint density at radius 1 is 0.955 bits per heavy atom. The molecule has 0 atom stereocenters. The van der Waals surface area contributed by atoms with E-state index >= 15 is 0 Å². The predicted octanol–water partition coefficient (Wildman–Crippen LogP) is 3.99. The largest absolute Gasteiger partial charge is 0.507 e. The number of hydrogen-bond donors (Lipinski definition) is 2. The molecule has 3 aromatic rings. The van der Waals surface area contributed by atoms with Crippen molar-refractivity contribution in [2.24, 2.45) is 4.99 Å². The molecule has 22 heavy (non-hydrogen) atoms. The fraction of sp³-hybridized carbons (Fsp3) is 0. The van der Waals surface area contributed by atoms with E-state index in [9.17, 15) is 9.90 Å². The molecule has 0 aliphatic heterocycles. The van der Waals surface area contributed by atoms with E-state index in [1.165, 1.54) is 12.3 Å². The van der Waals surface area contributed by atoms with Crippen LogP contribution in [0.3, 0.4) is 0 Å². The molecule has 0 aromatic heterocycles. The molecule has 3 aromatic carbocycles. The number of nitrogens with zero attached hydrogens (tertiary/aromatic N) is 1. The van der Waals surface area contributed by atoms with Gasteiger partial charge in [-0.15, -0.1) is 0 Å². The first-order valence-electron chi connectivity index (χ1n) is 6.74. The summed E-state index contributed by atoms with van der Waals surface area (Å²) in [4.78, 5) is 15.4. The van der Waals surface area contributed by atoms with Crippen molar-refractivity contribution < 1.29 is 15.0 Å². The van der Waals surface area contributed by atoms with Crippen molar-refractivity contribution in [1.82, 2.24) is 0 Å². The summed E-state index contributed by atoms with van der Waals surface area (Å²) in [5.41, 5.74) is 1.04. The molecule has 0 saturated heterocycles. The highest BCUT2D eigenvalue weighted by Crippen LogP contribution is 2.27. The molecule has 2 N–H and O–H groups in total. The minimum Gasteiger partial charge on any atom is -0.507 e.